The molecule has 3 saturated heterocycles. The molecule has 0 radical (unpaired) electrons. The van der Waals surface area contributed by atoms with Crippen molar-refractivity contribution in [3.63, 3.8) is 0 Å². The molecule has 2 amide bonds. The maximum Gasteiger partial charge on any atom is 0.236 e. The third-order valence-electron chi connectivity index (χ3n) is 7.24. The average molecular weight is 446 g/mol. The molecule has 176 valence electrons. The number of hydrogen-bond acceptors (Lipinski definition) is 4. The molecule has 1 spiro atoms. The van der Waals surface area contributed by atoms with E-state index < -0.39 is 0 Å². The molecule has 3 fully saturated rings. The Labute approximate surface area is 190 Å². The molecule has 3 aliphatic rings. The van der Waals surface area contributed by atoms with Crippen molar-refractivity contribution in [2.24, 2.45) is 11.3 Å². The summed E-state index contributed by atoms with van der Waals surface area (Å²) in [4.78, 5) is 32.5. The van der Waals surface area contributed by atoms with Gasteiger partial charge in [0.25, 0.3) is 0 Å². The number of halogens is 1. The standard InChI is InChI=1S/C25H36FN3O3/c1-19(2)17-29-22(15-20-4-3-5-21(26)14-20)16-25(24(29)31)6-8-28(9-7-25)23(30)18-27-10-12-32-13-11-27/h3-5,14,19,22H,6-13,15-18H2,1-2H3. The summed E-state index contributed by atoms with van der Waals surface area (Å²) in [5, 5.41) is 0. The molecule has 0 aromatic heterocycles. The van der Waals surface area contributed by atoms with Crippen LogP contribution in [0, 0.1) is 17.2 Å². The summed E-state index contributed by atoms with van der Waals surface area (Å²) in [5.74, 6) is 0.527. The third kappa shape index (κ3) is 5.15. The highest BCUT2D eigenvalue weighted by Gasteiger charge is 2.52. The molecule has 1 aromatic rings. The molecule has 0 saturated carbocycles. The van der Waals surface area contributed by atoms with E-state index in [0.717, 1.165) is 44.5 Å². The van der Waals surface area contributed by atoms with E-state index in [1.807, 2.05) is 15.9 Å². The Morgan fingerprint density at radius 3 is 2.56 bits per heavy atom. The Bertz CT molecular complexity index is 816. The van der Waals surface area contributed by atoms with Gasteiger partial charge in [0.1, 0.15) is 5.82 Å². The van der Waals surface area contributed by atoms with Gasteiger partial charge in [0.05, 0.1) is 25.2 Å². The van der Waals surface area contributed by atoms with Crippen LogP contribution >= 0.6 is 0 Å². The van der Waals surface area contributed by atoms with Gasteiger partial charge in [-0.05, 0) is 49.3 Å². The normalized spacial score (nSPS) is 24.0. The minimum absolute atomic E-state index is 0.0855. The summed E-state index contributed by atoms with van der Waals surface area (Å²) >= 11 is 0. The molecule has 0 bridgehead atoms. The second-order valence-corrected chi connectivity index (χ2v) is 10.1. The van der Waals surface area contributed by atoms with Gasteiger partial charge in [-0.2, -0.15) is 0 Å². The minimum Gasteiger partial charge on any atom is -0.379 e. The average Bonchev–Trinajstić information content (AvgIpc) is 3.00. The monoisotopic (exact) mass is 445 g/mol. The number of hydrogen-bond donors (Lipinski definition) is 0. The van der Waals surface area contributed by atoms with E-state index in [9.17, 15) is 14.0 Å². The van der Waals surface area contributed by atoms with Crippen molar-refractivity contribution >= 4 is 11.8 Å². The highest BCUT2D eigenvalue weighted by molar-refractivity contribution is 5.86. The van der Waals surface area contributed by atoms with E-state index in [4.69, 9.17) is 4.74 Å². The van der Waals surface area contributed by atoms with Crippen LogP contribution in [0.5, 0.6) is 0 Å². The first-order chi connectivity index (χ1) is 15.4. The van der Waals surface area contributed by atoms with Gasteiger partial charge in [-0.15, -0.1) is 0 Å². The van der Waals surface area contributed by atoms with Gasteiger partial charge in [-0.3, -0.25) is 14.5 Å². The Morgan fingerprint density at radius 1 is 1.19 bits per heavy atom. The van der Waals surface area contributed by atoms with Gasteiger partial charge in [-0.25, -0.2) is 4.39 Å². The number of likely N-dealkylation sites (tertiary alicyclic amines) is 2. The van der Waals surface area contributed by atoms with Crippen LogP contribution in [0.1, 0.15) is 38.7 Å². The van der Waals surface area contributed by atoms with E-state index in [1.165, 1.54) is 6.07 Å². The molecular weight excluding hydrogens is 409 g/mol. The van der Waals surface area contributed by atoms with Crippen LogP contribution in [0.25, 0.3) is 0 Å². The minimum atomic E-state index is -0.386. The van der Waals surface area contributed by atoms with E-state index in [2.05, 4.69) is 18.7 Å². The molecule has 6 nitrogen and oxygen atoms in total. The van der Waals surface area contributed by atoms with Crippen molar-refractivity contribution < 1.29 is 18.7 Å². The molecule has 1 aromatic carbocycles. The Morgan fingerprint density at radius 2 is 1.91 bits per heavy atom. The zero-order valence-electron chi connectivity index (χ0n) is 19.4. The molecule has 0 N–H and O–H groups in total. The second kappa shape index (κ2) is 9.87. The lowest BCUT2D eigenvalue weighted by atomic mass is 9.75. The number of piperidine rings is 1. The van der Waals surface area contributed by atoms with E-state index in [-0.39, 0.29) is 29.1 Å². The summed E-state index contributed by atoms with van der Waals surface area (Å²) in [6.07, 6.45) is 2.90. The fourth-order valence-electron chi connectivity index (χ4n) is 5.52. The first-order valence-corrected chi connectivity index (χ1v) is 12.0. The van der Waals surface area contributed by atoms with Gasteiger partial charge in [0.2, 0.25) is 11.8 Å². The van der Waals surface area contributed by atoms with Gasteiger partial charge in [0, 0.05) is 38.8 Å². The predicted molar refractivity (Wildman–Crippen MR) is 121 cm³/mol. The number of carbonyl (C=O) groups is 2. The number of ether oxygens (including phenoxy) is 1. The van der Waals surface area contributed by atoms with Crippen molar-refractivity contribution in [3.8, 4) is 0 Å². The van der Waals surface area contributed by atoms with Gasteiger partial charge < -0.3 is 14.5 Å². The summed E-state index contributed by atoms with van der Waals surface area (Å²) in [5.41, 5.74) is 0.551. The van der Waals surface area contributed by atoms with Crippen LogP contribution in [0.2, 0.25) is 0 Å². The summed E-state index contributed by atoms with van der Waals surface area (Å²) in [6, 6.07) is 6.81. The zero-order chi connectivity index (χ0) is 22.7. The van der Waals surface area contributed by atoms with Gasteiger partial charge in [0.15, 0.2) is 0 Å². The van der Waals surface area contributed by atoms with Crippen LogP contribution in [0.4, 0.5) is 4.39 Å². The maximum absolute atomic E-state index is 13.7. The van der Waals surface area contributed by atoms with Crippen LogP contribution in [-0.4, -0.2) is 85.0 Å². The largest absolute Gasteiger partial charge is 0.379 e. The van der Waals surface area contributed by atoms with Crippen LogP contribution in [-0.2, 0) is 20.7 Å². The molecular formula is C25H36FN3O3. The summed E-state index contributed by atoms with van der Waals surface area (Å²) in [7, 11) is 0. The van der Waals surface area contributed by atoms with Crippen LogP contribution < -0.4 is 0 Å². The predicted octanol–water partition coefficient (Wildman–Crippen LogP) is 2.57. The van der Waals surface area contributed by atoms with E-state index in [1.54, 1.807) is 12.1 Å². The van der Waals surface area contributed by atoms with E-state index >= 15 is 0 Å². The number of rotatable bonds is 6. The van der Waals surface area contributed by atoms with Gasteiger partial charge in [-0.1, -0.05) is 26.0 Å². The summed E-state index contributed by atoms with van der Waals surface area (Å²) < 4.78 is 19.1. The fraction of sp³-hybridized carbons (Fsp3) is 0.680. The smallest absolute Gasteiger partial charge is 0.236 e. The lowest BCUT2D eigenvalue weighted by Crippen LogP contribution is -2.50. The Hall–Kier alpha value is -1.99. The number of carbonyl (C=O) groups excluding carboxylic acids is 2. The number of nitrogens with zero attached hydrogens (tertiary/aromatic N) is 3. The molecule has 32 heavy (non-hydrogen) atoms. The Balaban J connectivity index is 1.41. The lowest BCUT2D eigenvalue weighted by Gasteiger charge is -2.39. The molecule has 0 aliphatic carbocycles. The molecule has 7 heteroatoms. The molecule has 1 unspecified atom stereocenters. The number of benzene rings is 1. The van der Waals surface area contributed by atoms with Crippen molar-refractivity contribution in [3.05, 3.63) is 35.6 Å². The van der Waals surface area contributed by atoms with Crippen LogP contribution in [0.15, 0.2) is 24.3 Å². The summed E-state index contributed by atoms with van der Waals surface area (Å²) in [6.45, 7) is 9.66. The highest BCUT2D eigenvalue weighted by Crippen LogP contribution is 2.45. The topological polar surface area (TPSA) is 53.1 Å². The molecule has 1 atom stereocenters. The molecule has 3 aliphatic heterocycles. The van der Waals surface area contributed by atoms with Crippen LogP contribution in [0.3, 0.4) is 0 Å². The first-order valence-electron chi connectivity index (χ1n) is 12.0. The Kier molecular flexibility index (Phi) is 7.15. The molecule has 3 heterocycles. The van der Waals surface area contributed by atoms with Crippen molar-refractivity contribution in [2.75, 3.05) is 52.5 Å². The second-order valence-electron chi connectivity index (χ2n) is 10.1. The lowest BCUT2D eigenvalue weighted by molar-refractivity contribution is -0.144. The fourth-order valence-corrected chi connectivity index (χ4v) is 5.52. The SMILES string of the molecule is CC(C)CN1C(=O)C2(CCN(C(=O)CN3CCOCC3)CC2)CC1Cc1cccc(F)c1. The van der Waals surface area contributed by atoms with Crippen molar-refractivity contribution in [1.29, 1.82) is 0 Å². The first kappa shape index (κ1) is 23.2. The third-order valence-corrected chi connectivity index (χ3v) is 7.24. The number of amides is 2. The maximum atomic E-state index is 13.7. The molecule has 4 rings (SSSR count). The zero-order valence-corrected chi connectivity index (χ0v) is 19.4. The van der Waals surface area contributed by atoms with Gasteiger partial charge >= 0.3 is 0 Å². The van der Waals surface area contributed by atoms with E-state index in [0.29, 0.717) is 45.2 Å². The number of morpholine rings is 1. The van der Waals surface area contributed by atoms with Crippen molar-refractivity contribution in [1.82, 2.24) is 14.7 Å². The van der Waals surface area contributed by atoms with Crippen molar-refractivity contribution in [2.45, 2.75) is 45.6 Å². The quantitative estimate of drug-likeness (QED) is 0.676. The highest BCUT2D eigenvalue weighted by atomic mass is 19.1.